The van der Waals surface area contributed by atoms with Gasteiger partial charge in [0, 0.05) is 31.3 Å². The summed E-state index contributed by atoms with van der Waals surface area (Å²) in [6, 6.07) is -0.476. The number of hydrogen-bond acceptors (Lipinski definition) is 5. The number of likely N-dealkylation sites (N-methyl/N-ethyl adjacent to an activating group) is 1. The Kier molecular flexibility index (Phi) is 9.67. The Bertz CT molecular complexity index is 1150. The summed E-state index contributed by atoms with van der Waals surface area (Å²) in [6.45, 7) is 0.672. The number of nitrogens with one attached hydrogen (secondary N) is 1. The molecule has 8 nitrogen and oxygen atoms in total. The minimum atomic E-state index is -5.10. The normalized spacial score (nSPS) is 19.6. The summed E-state index contributed by atoms with van der Waals surface area (Å²) in [5, 5.41) is 4.08. The zero-order valence-corrected chi connectivity index (χ0v) is 22.4. The molecule has 0 radical (unpaired) electrons. The van der Waals surface area contributed by atoms with Gasteiger partial charge in [0.1, 0.15) is 0 Å². The molecule has 0 bridgehead atoms. The molecule has 1 saturated heterocycles. The molecular formula is C20H22F6N5NaO3S. The second-order valence-electron chi connectivity index (χ2n) is 8.29. The fourth-order valence-electron chi connectivity index (χ4n) is 4.05. The number of piperidine rings is 1. The molecule has 3 rings (SSSR count). The summed E-state index contributed by atoms with van der Waals surface area (Å²) in [5.74, 6) is -1.41. The summed E-state index contributed by atoms with van der Waals surface area (Å²) in [7, 11) is -1.13. The Morgan fingerprint density at radius 3 is 2.19 bits per heavy atom. The Balaban J connectivity index is 0.00000456. The maximum Gasteiger partial charge on any atom is 1.00 e. The third-order valence-corrected chi connectivity index (χ3v) is 6.52. The van der Waals surface area contributed by atoms with Crippen LogP contribution in [0.2, 0.25) is 0 Å². The molecule has 1 aromatic carbocycles. The van der Waals surface area contributed by atoms with E-state index >= 15 is 0 Å². The van der Waals surface area contributed by atoms with Gasteiger partial charge in [0.25, 0.3) is 0 Å². The molecule has 2 aromatic rings. The van der Waals surface area contributed by atoms with E-state index < -0.39 is 63.7 Å². The van der Waals surface area contributed by atoms with E-state index in [4.69, 9.17) is 0 Å². The molecule has 0 spiro atoms. The van der Waals surface area contributed by atoms with Gasteiger partial charge in [-0.2, -0.15) is 31.4 Å². The molecule has 1 aromatic heterocycles. The van der Waals surface area contributed by atoms with Crippen molar-refractivity contribution in [3.63, 3.8) is 0 Å². The molecule has 0 saturated carbocycles. The number of carbonyl (C=O) groups is 1. The number of aromatic nitrogens is 2. The molecule has 1 aliphatic heterocycles. The standard InChI is InChI=1S/C20H23F6N5O3S.Na/c1-30-5-3-4-16(18(30)13-10-27-31(2)11-13)28-35(33,34)29-17(32)8-12-6-14(19(21,22)23)9-15(7-12)20(24,25)26;/h6-7,9-11,16,18,28H,3-5,8H2,1-2H3,(H,29,32);/q;+1/p-1. The minimum Gasteiger partial charge on any atom is -0.533 e. The summed E-state index contributed by atoms with van der Waals surface area (Å²) in [6.07, 6.45) is -6.93. The second kappa shape index (κ2) is 11.4. The summed E-state index contributed by atoms with van der Waals surface area (Å²) in [5.41, 5.74) is -3.17. The van der Waals surface area contributed by atoms with Crippen molar-refractivity contribution in [3.8, 4) is 0 Å². The third kappa shape index (κ3) is 7.92. The van der Waals surface area contributed by atoms with E-state index in [9.17, 15) is 39.6 Å². The van der Waals surface area contributed by atoms with Crippen molar-refractivity contribution in [2.75, 3.05) is 13.6 Å². The van der Waals surface area contributed by atoms with Gasteiger partial charge in [-0.15, -0.1) is 0 Å². The third-order valence-electron chi connectivity index (χ3n) is 5.47. The first kappa shape index (κ1) is 30.6. The fraction of sp³-hybridized carbons (Fsp3) is 0.500. The van der Waals surface area contributed by atoms with Crippen molar-refractivity contribution in [2.45, 2.75) is 43.7 Å². The van der Waals surface area contributed by atoms with E-state index in [1.54, 1.807) is 31.2 Å². The number of benzene rings is 1. The predicted octanol–water partition coefficient (Wildman–Crippen LogP) is 0.574. The van der Waals surface area contributed by atoms with Crippen LogP contribution in [0, 0.1) is 0 Å². The van der Waals surface area contributed by atoms with Crippen LogP contribution in [-0.4, -0.2) is 48.6 Å². The average Bonchev–Trinajstić information content (AvgIpc) is 3.11. The summed E-state index contributed by atoms with van der Waals surface area (Å²) >= 11 is 0. The quantitative estimate of drug-likeness (QED) is 0.420. The zero-order chi connectivity index (χ0) is 26.2. The largest absolute Gasteiger partial charge is 1.00 e. The Labute approximate surface area is 225 Å². The predicted molar refractivity (Wildman–Crippen MR) is 112 cm³/mol. The van der Waals surface area contributed by atoms with Crippen molar-refractivity contribution in [3.05, 3.63) is 57.6 Å². The molecule has 1 N–H and O–H groups in total. The first-order chi connectivity index (χ1) is 16.0. The van der Waals surface area contributed by atoms with Gasteiger partial charge >= 0.3 is 41.9 Å². The van der Waals surface area contributed by atoms with Crippen molar-refractivity contribution in [1.82, 2.24) is 19.4 Å². The van der Waals surface area contributed by atoms with Crippen molar-refractivity contribution < 1.29 is 69.1 Å². The van der Waals surface area contributed by atoms with Gasteiger partial charge in [-0.1, -0.05) is 0 Å². The van der Waals surface area contributed by atoms with Gasteiger partial charge in [-0.05, 0) is 50.2 Å². The van der Waals surface area contributed by atoms with E-state index in [2.05, 4.69) is 14.5 Å². The van der Waals surface area contributed by atoms with E-state index in [0.29, 0.717) is 31.5 Å². The maximum absolute atomic E-state index is 13.0. The van der Waals surface area contributed by atoms with Crippen molar-refractivity contribution in [1.29, 1.82) is 0 Å². The second-order valence-corrected chi connectivity index (χ2v) is 9.66. The number of hydrogen-bond donors (Lipinski definition) is 1. The first-order valence-electron chi connectivity index (χ1n) is 10.3. The molecule has 0 aliphatic carbocycles. The average molecular weight is 549 g/mol. The van der Waals surface area contributed by atoms with Crippen LogP contribution in [0.15, 0.2) is 30.6 Å². The zero-order valence-electron chi connectivity index (χ0n) is 19.6. The van der Waals surface area contributed by atoms with Crippen LogP contribution in [-0.2, 0) is 40.8 Å². The Hall–Kier alpha value is -1.65. The number of nitrogens with zero attached hydrogens (tertiary/aromatic N) is 4. The van der Waals surface area contributed by atoms with Crippen LogP contribution >= 0.6 is 0 Å². The van der Waals surface area contributed by atoms with Crippen molar-refractivity contribution >= 4 is 16.1 Å². The van der Waals surface area contributed by atoms with Crippen LogP contribution in [0.3, 0.4) is 0 Å². The summed E-state index contributed by atoms with van der Waals surface area (Å²) < 4.78 is 110. The number of carbonyl (C=O) groups excluding carboxylic acids is 1. The van der Waals surface area contributed by atoms with Gasteiger partial charge < -0.3 is 9.52 Å². The topological polar surface area (TPSA) is 98.4 Å². The molecular weight excluding hydrogens is 527 g/mol. The fourth-order valence-corrected chi connectivity index (χ4v) is 5.06. The van der Waals surface area contributed by atoms with Crippen LogP contribution in [0.5, 0.6) is 0 Å². The number of likely N-dealkylation sites (tertiary alicyclic amines) is 1. The van der Waals surface area contributed by atoms with E-state index in [0.717, 1.165) is 5.56 Å². The number of aryl methyl sites for hydroxylation is 1. The van der Waals surface area contributed by atoms with E-state index in [1.807, 2.05) is 4.90 Å². The molecule has 2 unspecified atom stereocenters. The van der Waals surface area contributed by atoms with E-state index in [-0.39, 0.29) is 35.6 Å². The number of rotatable bonds is 6. The van der Waals surface area contributed by atoms with Crippen LogP contribution in [0.4, 0.5) is 26.3 Å². The SMILES string of the molecule is CN1CCCC(NS(=O)(=O)[N-]C(=O)Cc2cc(C(F)(F)F)cc(C(F)(F)F)c2)C1c1cnn(C)c1.[Na+]. The van der Waals surface area contributed by atoms with Gasteiger partial charge in [0.05, 0.1) is 29.3 Å². The van der Waals surface area contributed by atoms with Crippen LogP contribution in [0.25, 0.3) is 4.72 Å². The molecule has 1 aliphatic rings. The molecule has 36 heavy (non-hydrogen) atoms. The molecule has 2 atom stereocenters. The number of halogens is 6. The van der Waals surface area contributed by atoms with Crippen LogP contribution in [0.1, 0.15) is 41.1 Å². The number of amides is 1. The molecule has 194 valence electrons. The van der Waals surface area contributed by atoms with Gasteiger partial charge in [0.2, 0.25) is 0 Å². The molecule has 1 amide bonds. The first-order valence-corrected chi connectivity index (χ1v) is 11.7. The van der Waals surface area contributed by atoms with Crippen molar-refractivity contribution in [2.24, 2.45) is 7.05 Å². The van der Waals surface area contributed by atoms with Gasteiger partial charge in [-0.25, -0.2) is 13.1 Å². The summed E-state index contributed by atoms with van der Waals surface area (Å²) in [4.78, 5) is 14.1. The number of alkyl halides is 6. The van der Waals surface area contributed by atoms with Gasteiger partial charge in [0.15, 0.2) is 10.2 Å². The monoisotopic (exact) mass is 549 g/mol. The smallest absolute Gasteiger partial charge is 0.533 e. The maximum atomic E-state index is 13.0. The minimum absolute atomic E-state index is 0. The van der Waals surface area contributed by atoms with Crippen LogP contribution < -0.4 is 34.3 Å². The van der Waals surface area contributed by atoms with Gasteiger partial charge in [-0.3, -0.25) is 9.58 Å². The Morgan fingerprint density at radius 1 is 1.11 bits per heavy atom. The van der Waals surface area contributed by atoms with E-state index in [1.165, 1.54) is 0 Å². The molecule has 1 fully saturated rings. The molecule has 2 heterocycles. The Morgan fingerprint density at radius 2 is 1.69 bits per heavy atom. The molecule has 16 heteroatoms.